The summed E-state index contributed by atoms with van der Waals surface area (Å²) < 4.78 is 53.1. The van der Waals surface area contributed by atoms with Crippen molar-refractivity contribution in [1.29, 1.82) is 0 Å². The highest BCUT2D eigenvalue weighted by Gasteiger charge is 2.51. The van der Waals surface area contributed by atoms with Crippen LogP contribution in [0, 0.1) is 5.92 Å². The maximum Gasteiger partial charge on any atom is 0.471 e. The van der Waals surface area contributed by atoms with Crippen LogP contribution in [-0.2, 0) is 37.0 Å². The number of hydrogen-bond donors (Lipinski definition) is 3. The molecule has 0 aliphatic carbocycles. The minimum absolute atomic E-state index is 0.0306. The van der Waals surface area contributed by atoms with Gasteiger partial charge in [0.15, 0.2) is 6.29 Å². The number of aliphatic hydroxyl groups is 1. The summed E-state index contributed by atoms with van der Waals surface area (Å²) in [5.41, 5.74) is 5.49. The molecule has 4 saturated heterocycles. The van der Waals surface area contributed by atoms with Crippen molar-refractivity contribution >= 4 is 23.4 Å². The molecule has 4 aromatic rings. The zero-order chi connectivity index (χ0) is 42.0. The first-order valence-corrected chi connectivity index (χ1v) is 20.6. The molecule has 0 aromatic heterocycles. The van der Waals surface area contributed by atoms with Crippen molar-refractivity contribution in [2.24, 2.45) is 5.92 Å². The van der Waals surface area contributed by atoms with E-state index in [1.54, 1.807) is 0 Å². The van der Waals surface area contributed by atoms with Gasteiger partial charge in [-0.05, 0) is 65.6 Å². The Hall–Kier alpha value is -5.28. The number of para-hydroxylation sites is 1. The number of carbonyl (C=O) groups excluding carboxylic acids is 3. The van der Waals surface area contributed by atoms with Gasteiger partial charge in [0.25, 0.3) is 0 Å². The fourth-order valence-corrected chi connectivity index (χ4v) is 9.24. The van der Waals surface area contributed by atoms with E-state index < -0.39 is 35.9 Å². The van der Waals surface area contributed by atoms with E-state index in [-0.39, 0.29) is 50.2 Å². The van der Waals surface area contributed by atoms with Crippen LogP contribution in [0.3, 0.4) is 0 Å². The van der Waals surface area contributed by atoms with Crippen LogP contribution in [-0.4, -0.2) is 89.3 Å². The smallest absolute Gasteiger partial charge is 0.392 e. The molecule has 4 fully saturated rings. The van der Waals surface area contributed by atoms with Crippen molar-refractivity contribution in [3.63, 3.8) is 0 Å². The normalized spacial score (nSPS) is 24.4. The van der Waals surface area contributed by atoms with Gasteiger partial charge in [0.05, 0.1) is 25.5 Å². The van der Waals surface area contributed by atoms with E-state index in [4.69, 9.17) is 9.47 Å². The van der Waals surface area contributed by atoms with Crippen LogP contribution in [0.5, 0.6) is 0 Å². The Labute approximate surface area is 347 Å². The molecule has 4 aromatic carbocycles. The lowest BCUT2D eigenvalue weighted by atomic mass is 9.84. The number of hydrogen-bond acceptors (Lipinski definition) is 8. The van der Waals surface area contributed by atoms with Gasteiger partial charge in [0.2, 0.25) is 11.8 Å². The molecule has 0 bridgehead atoms. The van der Waals surface area contributed by atoms with Crippen molar-refractivity contribution in [2.45, 2.75) is 82.0 Å². The number of nitrogens with zero attached hydrogens (tertiary/aromatic N) is 3. The predicted octanol–water partition coefficient (Wildman–Crippen LogP) is 6.24. The fraction of sp³-hybridized carbons (Fsp3) is 0.413. The van der Waals surface area contributed by atoms with Gasteiger partial charge >= 0.3 is 12.1 Å². The van der Waals surface area contributed by atoms with Crippen molar-refractivity contribution in [3.05, 3.63) is 125 Å². The predicted molar refractivity (Wildman–Crippen MR) is 218 cm³/mol. The van der Waals surface area contributed by atoms with Crippen LogP contribution in [0.15, 0.2) is 103 Å². The zero-order valence-electron chi connectivity index (χ0n) is 33.4. The van der Waals surface area contributed by atoms with Gasteiger partial charge in [-0.25, -0.2) is 0 Å². The van der Waals surface area contributed by atoms with Crippen LogP contribution >= 0.6 is 0 Å². The first-order valence-electron chi connectivity index (χ1n) is 20.6. The first-order chi connectivity index (χ1) is 28.9. The Morgan fingerprint density at radius 1 is 0.883 bits per heavy atom. The minimum atomic E-state index is -5.04. The second-order valence-electron chi connectivity index (χ2n) is 16.2. The second kappa shape index (κ2) is 17.4. The molecule has 1 spiro atoms. The molecule has 0 radical (unpaired) electrons. The van der Waals surface area contributed by atoms with Crippen LogP contribution in [0.2, 0.25) is 0 Å². The number of alkyl halides is 3. The van der Waals surface area contributed by atoms with Crippen LogP contribution in [0.1, 0.15) is 67.3 Å². The van der Waals surface area contributed by atoms with Gasteiger partial charge in [0.1, 0.15) is 11.6 Å². The highest BCUT2D eigenvalue weighted by atomic mass is 19.4. The van der Waals surface area contributed by atoms with Crippen molar-refractivity contribution in [1.82, 2.24) is 20.4 Å². The van der Waals surface area contributed by atoms with E-state index in [9.17, 15) is 32.7 Å². The summed E-state index contributed by atoms with van der Waals surface area (Å²) in [6.07, 6.45) is -4.40. The first kappa shape index (κ1) is 41.5. The lowest BCUT2D eigenvalue weighted by Gasteiger charge is -2.46. The summed E-state index contributed by atoms with van der Waals surface area (Å²) in [6, 6.07) is 32.0. The molecule has 3 N–H and O–H groups in total. The monoisotopic (exact) mass is 825 g/mol. The number of amides is 3. The quantitative estimate of drug-likeness (QED) is 0.172. The molecule has 8 rings (SSSR count). The molecule has 316 valence electrons. The summed E-state index contributed by atoms with van der Waals surface area (Å²) in [5, 5.41) is 15.6. The van der Waals surface area contributed by atoms with Crippen molar-refractivity contribution in [3.8, 4) is 11.1 Å². The lowest BCUT2D eigenvalue weighted by Crippen LogP contribution is -2.57. The number of piperidine rings is 1. The maximum atomic E-state index is 13.3. The number of carbonyl (C=O) groups is 3. The van der Waals surface area contributed by atoms with E-state index in [0.29, 0.717) is 37.4 Å². The number of benzene rings is 4. The summed E-state index contributed by atoms with van der Waals surface area (Å²) in [4.78, 5) is 43.6. The van der Waals surface area contributed by atoms with E-state index in [0.717, 1.165) is 52.2 Å². The molecule has 3 amide bonds. The summed E-state index contributed by atoms with van der Waals surface area (Å²) >= 11 is 0. The van der Waals surface area contributed by atoms with Gasteiger partial charge < -0.3 is 39.9 Å². The SMILES string of the molecule is C[C@@H]1[C@H](CN2CCC3(CC2)C(=O)NCN3c2ccccc2)O[C@H](c2ccc(-c3ccccc3CNC(=O)[C@@H]3CCCN3C(=O)C(F)(F)F)cc2)O[C@@H]1c1ccc(CO)cc1. The number of aliphatic hydroxyl groups excluding tert-OH is 1. The highest BCUT2D eigenvalue weighted by Crippen LogP contribution is 2.43. The number of ether oxygens (including phenoxy) is 2. The second-order valence-corrected chi connectivity index (χ2v) is 16.2. The number of halogens is 3. The summed E-state index contributed by atoms with van der Waals surface area (Å²) in [7, 11) is 0. The van der Waals surface area contributed by atoms with E-state index >= 15 is 0 Å². The van der Waals surface area contributed by atoms with Crippen LogP contribution in [0.4, 0.5) is 18.9 Å². The van der Waals surface area contributed by atoms with Gasteiger partial charge in [0, 0.05) is 49.9 Å². The third kappa shape index (κ3) is 8.38. The van der Waals surface area contributed by atoms with Crippen molar-refractivity contribution < 1.29 is 42.1 Å². The third-order valence-corrected chi connectivity index (χ3v) is 12.7. The number of anilines is 1. The van der Waals surface area contributed by atoms with Gasteiger partial charge in [-0.1, -0.05) is 97.9 Å². The molecular formula is C46H50F3N5O6. The van der Waals surface area contributed by atoms with Gasteiger partial charge in [-0.15, -0.1) is 0 Å². The molecule has 4 aliphatic heterocycles. The number of nitrogens with one attached hydrogen (secondary N) is 2. The molecule has 14 heteroatoms. The average Bonchev–Trinajstić information content (AvgIpc) is 3.89. The molecular weight excluding hydrogens is 776 g/mol. The standard InChI is InChI=1S/C46H50F3N5O6/c1-30-39(27-52-24-21-45(22-25-52)43(57)51-29-54(45)36-9-3-2-4-10-36)59-42(60-40(30)33-15-13-31(28-55)14-16-33)34-19-17-32(18-20-34)37-11-6-5-8-35(37)26-50-41(56)38-12-7-23-53(38)44(58)46(47,48)49/h2-6,8-11,13-20,30,38-40,42,55H,7,12,21-29H2,1H3,(H,50,56)(H,51,57)/t30-,38+,39+,40+,42+/m1/s1. The topological polar surface area (TPSA) is 124 Å². The number of likely N-dealkylation sites (tertiary alicyclic amines) is 2. The summed E-state index contributed by atoms with van der Waals surface area (Å²) in [6.45, 7) is 4.62. The largest absolute Gasteiger partial charge is 0.471 e. The zero-order valence-corrected chi connectivity index (χ0v) is 33.4. The summed E-state index contributed by atoms with van der Waals surface area (Å²) in [5.74, 6) is -2.57. The molecule has 0 unspecified atom stereocenters. The van der Waals surface area contributed by atoms with E-state index in [1.807, 2.05) is 103 Å². The molecule has 4 aliphatic rings. The molecule has 11 nitrogen and oxygen atoms in total. The molecule has 5 atom stereocenters. The maximum absolute atomic E-state index is 13.3. The molecule has 0 saturated carbocycles. The Morgan fingerprint density at radius 2 is 1.57 bits per heavy atom. The Kier molecular flexibility index (Phi) is 12.0. The van der Waals surface area contributed by atoms with Gasteiger partial charge in [-0.3, -0.25) is 14.4 Å². The van der Waals surface area contributed by atoms with Gasteiger partial charge in [-0.2, -0.15) is 13.2 Å². The van der Waals surface area contributed by atoms with E-state index in [2.05, 4.69) is 27.4 Å². The van der Waals surface area contributed by atoms with Crippen LogP contribution < -0.4 is 15.5 Å². The average molecular weight is 826 g/mol. The minimum Gasteiger partial charge on any atom is -0.392 e. The van der Waals surface area contributed by atoms with E-state index in [1.165, 1.54) is 0 Å². The number of rotatable bonds is 10. The Morgan fingerprint density at radius 3 is 2.27 bits per heavy atom. The Bertz CT molecular complexity index is 2150. The van der Waals surface area contributed by atoms with Crippen molar-refractivity contribution in [2.75, 3.05) is 37.7 Å². The third-order valence-electron chi connectivity index (χ3n) is 12.7. The Balaban J connectivity index is 0.973. The van der Waals surface area contributed by atoms with Crippen LogP contribution in [0.25, 0.3) is 11.1 Å². The lowest BCUT2D eigenvalue weighted by molar-refractivity contribution is -0.276. The molecule has 60 heavy (non-hydrogen) atoms. The molecule has 4 heterocycles. The fourth-order valence-electron chi connectivity index (χ4n) is 9.24. The highest BCUT2D eigenvalue weighted by molar-refractivity contribution is 5.93.